The largest absolute Gasteiger partial charge is 0.361 e. The molecule has 5 aromatic heterocycles. The molecule has 5 heterocycles. The number of fused-ring (bicyclic) bond motifs is 7. The Morgan fingerprint density at radius 2 is 0.469 bits per heavy atom. The fourth-order valence-electron chi connectivity index (χ4n) is 5.78. The Hall–Kier alpha value is -6.72. The minimum absolute atomic E-state index is 1.21. The molecule has 0 aliphatic heterocycles. The standard InChI is InChI=1S/C12H9N.4C8H7N/c1-3-7-11-9(5-1)10-6-2-4-8-12(10)13-11;4*1-2-4-8-7(3-1)5-6-9-8/h1-8,13H;4*1-6,9H. The van der Waals surface area contributed by atoms with Crippen molar-refractivity contribution < 1.29 is 0 Å². The molecule has 0 radical (unpaired) electrons. The normalized spacial score (nSPS) is 10.4. The average Bonchev–Trinajstić information content (AvgIpc) is 4.02. The Bertz CT molecular complexity index is 2210. The minimum atomic E-state index is 1.21. The van der Waals surface area contributed by atoms with Gasteiger partial charge in [-0.25, -0.2) is 0 Å². The Balaban J connectivity index is 0.0000000974. The van der Waals surface area contributed by atoms with Crippen molar-refractivity contribution in [2.45, 2.75) is 0 Å². The van der Waals surface area contributed by atoms with E-state index in [0.29, 0.717) is 0 Å². The highest BCUT2D eigenvalue weighted by Gasteiger charge is 2.00. The molecular weight excluding hydrogens is 599 g/mol. The van der Waals surface area contributed by atoms with Gasteiger partial charge >= 0.3 is 0 Å². The van der Waals surface area contributed by atoms with E-state index in [9.17, 15) is 0 Å². The molecule has 0 amide bonds. The third kappa shape index (κ3) is 7.64. The van der Waals surface area contributed by atoms with E-state index >= 15 is 0 Å². The maximum absolute atomic E-state index is 3.38. The topological polar surface area (TPSA) is 78.9 Å². The van der Waals surface area contributed by atoms with Crippen LogP contribution in [0.5, 0.6) is 0 Å². The zero-order valence-electron chi connectivity index (χ0n) is 27.0. The van der Waals surface area contributed by atoms with E-state index in [2.05, 4.69) is 146 Å². The first-order valence-corrected chi connectivity index (χ1v) is 16.4. The zero-order chi connectivity index (χ0) is 33.1. The van der Waals surface area contributed by atoms with Crippen LogP contribution in [-0.4, -0.2) is 24.9 Å². The van der Waals surface area contributed by atoms with Gasteiger partial charge in [-0.1, -0.05) is 109 Å². The molecule has 5 N–H and O–H groups in total. The third-order valence-corrected chi connectivity index (χ3v) is 8.26. The molecule has 0 bridgehead atoms. The van der Waals surface area contributed by atoms with Crippen molar-refractivity contribution in [3.63, 3.8) is 0 Å². The van der Waals surface area contributed by atoms with Gasteiger partial charge in [0.25, 0.3) is 0 Å². The second-order valence-corrected chi connectivity index (χ2v) is 11.5. The van der Waals surface area contributed by atoms with Crippen LogP contribution in [0.15, 0.2) is 195 Å². The third-order valence-electron chi connectivity index (χ3n) is 8.26. The number of rotatable bonds is 0. The molecule has 5 heteroatoms. The highest BCUT2D eigenvalue weighted by molar-refractivity contribution is 6.07. The van der Waals surface area contributed by atoms with Crippen molar-refractivity contribution in [2.24, 2.45) is 0 Å². The summed E-state index contributed by atoms with van der Waals surface area (Å²) in [6.07, 6.45) is 7.80. The number of para-hydroxylation sites is 6. The van der Waals surface area contributed by atoms with E-state index in [0.717, 1.165) is 0 Å². The van der Waals surface area contributed by atoms with Gasteiger partial charge in [-0.3, -0.25) is 0 Å². The molecule has 0 unspecified atom stereocenters. The van der Waals surface area contributed by atoms with Crippen LogP contribution < -0.4 is 0 Å². The van der Waals surface area contributed by atoms with Gasteiger partial charge in [0.2, 0.25) is 0 Å². The van der Waals surface area contributed by atoms with Crippen LogP contribution in [-0.2, 0) is 0 Å². The Labute approximate surface area is 284 Å². The molecule has 0 spiro atoms. The maximum atomic E-state index is 3.38. The SMILES string of the molecule is c1ccc2[nH]ccc2c1.c1ccc2[nH]ccc2c1.c1ccc2[nH]ccc2c1.c1ccc2[nH]ccc2c1.c1ccc2c(c1)[nH]c1ccccc12. The van der Waals surface area contributed by atoms with Crippen LogP contribution in [0.2, 0.25) is 0 Å². The van der Waals surface area contributed by atoms with Gasteiger partial charge in [-0.15, -0.1) is 0 Å². The molecule has 6 aromatic carbocycles. The Kier molecular flexibility index (Phi) is 9.62. The summed E-state index contributed by atoms with van der Waals surface area (Å²) in [6, 6.07) is 57.9. The molecular formula is C44H37N5. The van der Waals surface area contributed by atoms with Crippen molar-refractivity contribution in [3.8, 4) is 0 Å². The van der Waals surface area contributed by atoms with Gasteiger partial charge in [0.05, 0.1) is 0 Å². The highest BCUT2D eigenvalue weighted by Crippen LogP contribution is 2.24. The second kappa shape index (κ2) is 15.2. The van der Waals surface area contributed by atoms with Crippen molar-refractivity contribution in [1.82, 2.24) is 24.9 Å². The predicted octanol–water partition coefficient (Wildman–Crippen LogP) is 12.0. The first-order chi connectivity index (χ1) is 24.3. The lowest BCUT2D eigenvalue weighted by Crippen LogP contribution is -1.62. The smallest absolute Gasteiger partial charge is 0.0464 e. The predicted molar refractivity (Wildman–Crippen MR) is 209 cm³/mol. The number of nitrogens with one attached hydrogen (secondary N) is 5. The minimum Gasteiger partial charge on any atom is -0.361 e. The maximum Gasteiger partial charge on any atom is 0.0464 e. The lowest BCUT2D eigenvalue weighted by atomic mass is 10.2. The van der Waals surface area contributed by atoms with Gasteiger partial charge in [-0.2, -0.15) is 0 Å². The van der Waals surface area contributed by atoms with E-state index in [1.165, 1.54) is 65.4 Å². The quantitative estimate of drug-likeness (QED) is 0.110. The number of aromatic nitrogens is 5. The molecule has 238 valence electrons. The van der Waals surface area contributed by atoms with Gasteiger partial charge in [0, 0.05) is 68.7 Å². The zero-order valence-corrected chi connectivity index (χ0v) is 27.0. The van der Waals surface area contributed by atoms with Crippen LogP contribution in [0.4, 0.5) is 0 Å². The molecule has 11 aromatic rings. The van der Waals surface area contributed by atoms with E-state index in [1.54, 1.807) is 0 Å². The first-order valence-electron chi connectivity index (χ1n) is 16.4. The highest BCUT2D eigenvalue weighted by atomic mass is 14.7. The number of hydrogen-bond donors (Lipinski definition) is 5. The summed E-state index contributed by atoms with van der Waals surface area (Å²) in [5.74, 6) is 0. The molecule has 0 saturated carbocycles. The van der Waals surface area contributed by atoms with Gasteiger partial charge in [0.15, 0.2) is 0 Å². The van der Waals surface area contributed by atoms with E-state index in [1.807, 2.05) is 73.3 Å². The second-order valence-electron chi connectivity index (χ2n) is 11.5. The van der Waals surface area contributed by atoms with Crippen molar-refractivity contribution in [1.29, 1.82) is 0 Å². The number of benzene rings is 6. The molecule has 0 aliphatic rings. The van der Waals surface area contributed by atoms with Crippen molar-refractivity contribution in [3.05, 3.63) is 195 Å². The van der Waals surface area contributed by atoms with Crippen LogP contribution in [0.25, 0.3) is 65.4 Å². The van der Waals surface area contributed by atoms with Gasteiger partial charge < -0.3 is 24.9 Å². The Morgan fingerprint density at radius 3 is 0.755 bits per heavy atom. The van der Waals surface area contributed by atoms with Gasteiger partial charge in [0.1, 0.15) is 0 Å². The fraction of sp³-hybridized carbons (Fsp3) is 0. The molecule has 5 nitrogen and oxygen atoms in total. The van der Waals surface area contributed by atoms with Crippen molar-refractivity contribution in [2.75, 3.05) is 0 Å². The molecule has 0 atom stereocenters. The molecule has 0 aliphatic carbocycles. The Morgan fingerprint density at radius 1 is 0.224 bits per heavy atom. The van der Waals surface area contributed by atoms with Gasteiger partial charge in [-0.05, 0) is 82.2 Å². The summed E-state index contributed by atoms with van der Waals surface area (Å²) in [5.41, 5.74) is 7.25. The van der Waals surface area contributed by atoms with E-state index in [4.69, 9.17) is 0 Å². The van der Waals surface area contributed by atoms with Crippen LogP contribution in [0, 0.1) is 0 Å². The monoisotopic (exact) mass is 635 g/mol. The van der Waals surface area contributed by atoms with Crippen LogP contribution in [0.1, 0.15) is 0 Å². The first kappa shape index (κ1) is 30.9. The summed E-state index contributed by atoms with van der Waals surface area (Å²) in [6.45, 7) is 0. The molecule has 11 rings (SSSR count). The van der Waals surface area contributed by atoms with E-state index in [-0.39, 0.29) is 0 Å². The van der Waals surface area contributed by atoms with Crippen LogP contribution in [0.3, 0.4) is 0 Å². The fourth-order valence-corrected chi connectivity index (χ4v) is 5.78. The number of hydrogen-bond acceptors (Lipinski definition) is 0. The molecule has 0 fully saturated rings. The van der Waals surface area contributed by atoms with Crippen molar-refractivity contribution >= 4 is 65.4 Å². The van der Waals surface area contributed by atoms with E-state index < -0.39 is 0 Å². The molecule has 49 heavy (non-hydrogen) atoms. The summed E-state index contributed by atoms with van der Waals surface area (Å²) in [7, 11) is 0. The average molecular weight is 636 g/mol. The molecule has 0 saturated heterocycles. The lowest BCUT2D eigenvalue weighted by molar-refractivity contribution is 1.48. The van der Waals surface area contributed by atoms with Crippen LogP contribution >= 0.6 is 0 Å². The number of aromatic amines is 5. The summed E-state index contributed by atoms with van der Waals surface area (Å²) in [5, 5.41) is 7.71. The lowest BCUT2D eigenvalue weighted by Gasteiger charge is -1.87. The summed E-state index contributed by atoms with van der Waals surface area (Å²) in [4.78, 5) is 15.9. The number of H-pyrrole nitrogens is 5. The summed E-state index contributed by atoms with van der Waals surface area (Å²) < 4.78 is 0. The summed E-state index contributed by atoms with van der Waals surface area (Å²) >= 11 is 0.